The minimum absolute atomic E-state index is 0.0727. The number of para-hydroxylation sites is 1. The van der Waals surface area contributed by atoms with Crippen LogP contribution in [0.2, 0.25) is 0 Å². The predicted molar refractivity (Wildman–Crippen MR) is 67.0 cm³/mol. The highest BCUT2D eigenvalue weighted by Crippen LogP contribution is 2.43. The molecule has 1 aromatic heterocycles. The highest BCUT2D eigenvalue weighted by Gasteiger charge is 2.45. The molecule has 3 rings (SSSR count). The van der Waals surface area contributed by atoms with E-state index in [4.69, 9.17) is 9.15 Å². The summed E-state index contributed by atoms with van der Waals surface area (Å²) in [4.78, 5) is 12.4. The summed E-state index contributed by atoms with van der Waals surface area (Å²) in [5.41, 5.74) is 0.167. The summed E-state index contributed by atoms with van der Waals surface area (Å²) < 4.78 is 11.2. The quantitative estimate of drug-likeness (QED) is 0.836. The zero-order chi connectivity index (χ0) is 12.9. The molecule has 0 amide bonds. The molecule has 94 valence electrons. The van der Waals surface area contributed by atoms with Gasteiger partial charge in [0.2, 0.25) is 0 Å². The van der Waals surface area contributed by atoms with Crippen molar-refractivity contribution in [2.24, 2.45) is 0 Å². The molecule has 1 aliphatic heterocycles. The molecule has 0 unspecified atom stereocenters. The van der Waals surface area contributed by atoms with Crippen LogP contribution in [0.1, 0.15) is 25.3 Å². The molecule has 2 heterocycles. The van der Waals surface area contributed by atoms with E-state index in [2.05, 4.69) is 0 Å². The van der Waals surface area contributed by atoms with Crippen LogP contribution in [0.4, 0.5) is 0 Å². The van der Waals surface area contributed by atoms with Gasteiger partial charge in [-0.1, -0.05) is 19.1 Å². The second kappa shape index (κ2) is 3.59. The van der Waals surface area contributed by atoms with Gasteiger partial charge in [0.15, 0.2) is 5.43 Å². The molecule has 2 aromatic rings. The van der Waals surface area contributed by atoms with Gasteiger partial charge in [0.05, 0.1) is 17.6 Å². The van der Waals surface area contributed by atoms with Crippen LogP contribution in [0.25, 0.3) is 11.0 Å². The monoisotopic (exact) mass is 246 g/mol. The van der Waals surface area contributed by atoms with Crippen molar-refractivity contribution in [2.45, 2.75) is 25.4 Å². The van der Waals surface area contributed by atoms with E-state index in [0.29, 0.717) is 16.5 Å². The van der Waals surface area contributed by atoms with Gasteiger partial charge in [-0.3, -0.25) is 4.79 Å². The van der Waals surface area contributed by atoms with Gasteiger partial charge < -0.3 is 14.3 Å². The molecular formula is C14H14O4. The molecule has 0 radical (unpaired) electrons. The molecule has 0 saturated carbocycles. The molecule has 2 atom stereocenters. The highest BCUT2D eigenvalue weighted by atomic mass is 16.6. The topological polar surface area (TPSA) is 59.7 Å². The Morgan fingerprint density at radius 1 is 1.39 bits per heavy atom. The van der Waals surface area contributed by atoms with E-state index >= 15 is 0 Å². The lowest BCUT2D eigenvalue weighted by molar-refractivity contribution is 0.0142. The third-order valence-electron chi connectivity index (χ3n) is 3.79. The number of aliphatic hydroxyl groups is 1. The lowest BCUT2D eigenvalue weighted by Gasteiger charge is -2.24. The van der Waals surface area contributed by atoms with Gasteiger partial charge in [0.25, 0.3) is 5.95 Å². The van der Waals surface area contributed by atoms with Crippen molar-refractivity contribution in [2.75, 3.05) is 6.61 Å². The summed E-state index contributed by atoms with van der Waals surface area (Å²) in [6, 6.07) is 7.08. The highest BCUT2D eigenvalue weighted by molar-refractivity contribution is 5.78. The van der Waals surface area contributed by atoms with Gasteiger partial charge in [-0.2, -0.15) is 0 Å². The summed E-state index contributed by atoms with van der Waals surface area (Å²) in [7, 11) is 0. The SMILES string of the molecule is C[C@@H]1c2c(oc3ccccc3c2=O)O[C@]1(C)CO. The molecule has 18 heavy (non-hydrogen) atoms. The Morgan fingerprint density at radius 2 is 2.11 bits per heavy atom. The van der Waals surface area contributed by atoms with Crippen LogP contribution in [0.15, 0.2) is 33.5 Å². The van der Waals surface area contributed by atoms with Crippen LogP contribution in [0.5, 0.6) is 5.95 Å². The fraction of sp³-hybridized carbons (Fsp3) is 0.357. The average molecular weight is 246 g/mol. The van der Waals surface area contributed by atoms with Crippen molar-refractivity contribution in [3.63, 3.8) is 0 Å². The normalized spacial score (nSPS) is 26.1. The van der Waals surface area contributed by atoms with E-state index in [1.807, 2.05) is 6.92 Å². The number of hydrogen-bond acceptors (Lipinski definition) is 4. The second-order valence-electron chi connectivity index (χ2n) is 4.92. The van der Waals surface area contributed by atoms with E-state index in [0.717, 1.165) is 0 Å². The van der Waals surface area contributed by atoms with Crippen LogP contribution in [0.3, 0.4) is 0 Å². The van der Waals surface area contributed by atoms with Crippen LogP contribution in [-0.2, 0) is 0 Å². The summed E-state index contributed by atoms with van der Waals surface area (Å²) in [6.45, 7) is 3.49. The van der Waals surface area contributed by atoms with E-state index in [1.165, 1.54) is 0 Å². The maximum Gasteiger partial charge on any atom is 0.293 e. The van der Waals surface area contributed by atoms with Gasteiger partial charge in [0, 0.05) is 5.92 Å². The molecule has 0 spiro atoms. The van der Waals surface area contributed by atoms with Crippen molar-refractivity contribution in [1.82, 2.24) is 0 Å². The fourth-order valence-electron chi connectivity index (χ4n) is 2.36. The molecule has 0 aliphatic carbocycles. The summed E-state index contributed by atoms with van der Waals surface area (Å²) >= 11 is 0. The van der Waals surface area contributed by atoms with E-state index < -0.39 is 5.60 Å². The Balaban J connectivity index is 2.33. The second-order valence-corrected chi connectivity index (χ2v) is 4.92. The maximum atomic E-state index is 12.4. The molecule has 1 aliphatic rings. The van der Waals surface area contributed by atoms with Crippen LogP contribution < -0.4 is 10.2 Å². The number of aliphatic hydroxyl groups excluding tert-OH is 1. The van der Waals surface area contributed by atoms with Crippen molar-refractivity contribution in [3.8, 4) is 5.95 Å². The van der Waals surface area contributed by atoms with Crippen LogP contribution in [0, 0.1) is 0 Å². The Bertz CT molecular complexity index is 673. The zero-order valence-electron chi connectivity index (χ0n) is 10.3. The minimum atomic E-state index is -0.789. The van der Waals surface area contributed by atoms with Gasteiger partial charge in [-0.05, 0) is 19.1 Å². The van der Waals surface area contributed by atoms with Gasteiger partial charge in [-0.15, -0.1) is 0 Å². The number of fused-ring (bicyclic) bond motifs is 2. The van der Waals surface area contributed by atoms with Gasteiger partial charge in [-0.25, -0.2) is 0 Å². The maximum absolute atomic E-state index is 12.4. The van der Waals surface area contributed by atoms with Crippen LogP contribution in [-0.4, -0.2) is 17.3 Å². The fourth-order valence-corrected chi connectivity index (χ4v) is 2.36. The summed E-state index contributed by atoms with van der Waals surface area (Å²) in [6.07, 6.45) is 0. The third kappa shape index (κ3) is 1.32. The summed E-state index contributed by atoms with van der Waals surface area (Å²) in [5, 5.41) is 9.98. The zero-order valence-corrected chi connectivity index (χ0v) is 10.3. The Kier molecular flexibility index (Phi) is 2.25. The molecule has 4 nitrogen and oxygen atoms in total. The number of benzene rings is 1. The van der Waals surface area contributed by atoms with Crippen molar-refractivity contribution < 1.29 is 14.3 Å². The number of ether oxygens (including phenoxy) is 1. The van der Waals surface area contributed by atoms with Crippen molar-refractivity contribution in [3.05, 3.63) is 40.1 Å². The molecule has 0 bridgehead atoms. The first kappa shape index (κ1) is 11.3. The Hall–Kier alpha value is -1.81. The standard InChI is InChI=1S/C14H14O4/c1-8-11-12(16)9-5-3-4-6-10(9)17-13(11)18-14(8,2)7-15/h3-6,8,15H,7H2,1-2H3/t8-,14-/m1/s1. The number of hydrogen-bond donors (Lipinski definition) is 1. The van der Waals surface area contributed by atoms with Crippen molar-refractivity contribution >= 4 is 11.0 Å². The lowest BCUT2D eigenvalue weighted by Crippen LogP contribution is -2.37. The van der Waals surface area contributed by atoms with Gasteiger partial charge in [0.1, 0.15) is 11.2 Å². The van der Waals surface area contributed by atoms with E-state index in [-0.39, 0.29) is 23.9 Å². The first-order valence-corrected chi connectivity index (χ1v) is 5.92. The Morgan fingerprint density at radius 3 is 2.83 bits per heavy atom. The van der Waals surface area contributed by atoms with Crippen LogP contribution >= 0.6 is 0 Å². The predicted octanol–water partition coefficient (Wildman–Crippen LogP) is 2.04. The molecule has 0 saturated heterocycles. The van der Waals surface area contributed by atoms with E-state index in [1.54, 1.807) is 31.2 Å². The minimum Gasteiger partial charge on any atom is -0.455 e. The number of rotatable bonds is 1. The smallest absolute Gasteiger partial charge is 0.293 e. The average Bonchev–Trinajstić information content (AvgIpc) is 2.63. The van der Waals surface area contributed by atoms with Gasteiger partial charge >= 0.3 is 0 Å². The summed E-state index contributed by atoms with van der Waals surface area (Å²) in [5.74, 6) is 0.0427. The molecule has 4 heteroatoms. The first-order chi connectivity index (χ1) is 8.57. The molecular weight excluding hydrogens is 232 g/mol. The molecule has 0 fully saturated rings. The van der Waals surface area contributed by atoms with E-state index in [9.17, 15) is 9.90 Å². The molecule has 1 N–H and O–H groups in total. The lowest BCUT2D eigenvalue weighted by atomic mass is 9.88. The van der Waals surface area contributed by atoms with Crippen molar-refractivity contribution in [1.29, 1.82) is 0 Å². The molecule has 1 aromatic carbocycles. The largest absolute Gasteiger partial charge is 0.455 e. The third-order valence-corrected chi connectivity index (χ3v) is 3.79. The first-order valence-electron chi connectivity index (χ1n) is 5.92. The Labute approximate surface area is 104 Å².